The molecule has 1 N–H and O–H groups in total. The molecule has 0 atom stereocenters. The van der Waals surface area contributed by atoms with E-state index in [2.05, 4.69) is 34.0 Å². The molecule has 3 aromatic rings. The third-order valence-corrected chi connectivity index (χ3v) is 7.40. The van der Waals surface area contributed by atoms with Crippen LogP contribution in [0.4, 0.5) is 11.5 Å². The maximum atomic E-state index is 12.5. The Morgan fingerprint density at radius 3 is 2.39 bits per heavy atom. The van der Waals surface area contributed by atoms with Crippen molar-refractivity contribution in [3.8, 4) is 0 Å². The van der Waals surface area contributed by atoms with Crippen LogP contribution in [0.1, 0.15) is 33.0 Å². The molecule has 0 aliphatic rings. The lowest BCUT2D eigenvalue weighted by molar-refractivity contribution is -0.116. The second-order valence-corrected chi connectivity index (χ2v) is 9.99. The average Bonchev–Trinajstić information content (AvgIpc) is 3.16. The number of sulfonamides is 1. The van der Waals surface area contributed by atoms with Gasteiger partial charge in [-0.3, -0.25) is 4.79 Å². The fourth-order valence-electron chi connectivity index (χ4n) is 3.72. The van der Waals surface area contributed by atoms with Gasteiger partial charge in [0.05, 0.1) is 27.8 Å². The van der Waals surface area contributed by atoms with Crippen LogP contribution in [0.3, 0.4) is 0 Å². The summed E-state index contributed by atoms with van der Waals surface area (Å²) in [7, 11) is -0.538. The van der Waals surface area contributed by atoms with E-state index in [4.69, 9.17) is 0 Å². The normalized spacial score (nSPS) is 11.8. The zero-order valence-electron chi connectivity index (χ0n) is 19.9. The third kappa shape index (κ3) is 5.33. The number of rotatable bonds is 10. The highest BCUT2D eigenvalue weighted by Gasteiger charge is 2.19. The van der Waals surface area contributed by atoms with E-state index < -0.39 is 10.0 Å². The summed E-state index contributed by atoms with van der Waals surface area (Å²) in [5.41, 5.74) is 2.10. The maximum absolute atomic E-state index is 12.5. The van der Waals surface area contributed by atoms with Crippen LogP contribution in [0.2, 0.25) is 0 Å². The van der Waals surface area contributed by atoms with Crippen molar-refractivity contribution in [2.24, 2.45) is 0 Å². The smallest absolute Gasteiger partial charge is 0.242 e. The van der Waals surface area contributed by atoms with Crippen LogP contribution in [0.25, 0.3) is 11.0 Å². The molecule has 1 amide bonds. The molecule has 2 heterocycles. The van der Waals surface area contributed by atoms with Gasteiger partial charge in [0.15, 0.2) is 0 Å². The van der Waals surface area contributed by atoms with Crippen LogP contribution in [0, 0.1) is 0 Å². The minimum absolute atomic E-state index is 0.127. The number of amides is 1. The highest BCUT2D eigenvalue weighted by Crippen LogP contribution is 2.23. The Kier molecular flexibility index (Phi) is 7.70. The zero-order chi connectivity index (χ0) is 24.2. The lowest BCUT2D eigenvalue weighted by atomic mass is 10.2. The third-order valence-electron chi connectivity index (χ3n) is 5.59. The first kappa shape index (κ1) is 24.7. The number of aromatic nitrogens is 3. The minimum atomic E-state index is -3.54. The van der Waals surface area contributed by atoms with Crippen molar-refractivity contribution >= 4 is 38.5 Å². The van der Waals surface area contributed by atoms with Gasteiger partial charge < -0.3 is 14.8 Å². The molecular weight excluding hydrogens is 440 g/mol. The van der Waals surface area contributed by atoms with E-state index in [-0.39, 0.29) is 17.2 Å². The Morgan fingerprint density at radius 2 is 1.82 bits per heavy atom. The van der Waals surface area contributed by atoms with Gasteiger partial charge in [-0.05, 0) is 51.1 Å². The summed E-state index contributed by atoms with van der Waals surface area (Å²) in [6.07, 6.45) is 2.36. The average molecular weight is 473 g/mol. The predicted molar refractivity (Wildman–Crippen MR) is 131 cm³/mol. The van der Waals surface area contributed by atoms with Gasteiger partial charge in [0.2, 0.25) is 15.9 Å². The summed E-state index contributed by atoms with van der Waals surface area (Å²) in [5.74, 6) is 1.50. The van der Waals surface area contributed by atoms with E-state index in [1.807, 2.05) is 23.6 Å². The van der Waals surface area contributed by atoms with E-state index in [1.165, 1.54) is 18.4 Å². The fourth-order valence-corrected chi connectivity index (χ4v) is 4.64. The van der Waals surface area contributed by atoms with Crippen molar-refractivity contribution < 1.29 is 13.2 Å². The summed E-state index contributed by atoms with van der Waals surface area (Å²) in [6, 6.07) is 8.71. The van der Waals surface area contributed by atoms with E-state index in [0.717, 1.165) is 30.2 Å². The number of anilines is 2. The molecule has 0 saturated carbocycles. The summed E-state index contributed by atoms with van der Waals surface area (Å²) < 4.78 is 28.1. The van der Waals surface area contributed by atoms with Crippen molar-refractivity contribution in [1.29, 1.82) is 0 Å². The first-order valence-electron chi connectivity index (χ1n) is 11.1. The van der Waals surface area contributed by atoms with Gasteiger partial charge in [0, 0.05) is 46.6 Å². The molecule has 0 fully saturated rings. The largest absolute Gasteiger partial charge is 0.357 e. The molecule has 1 aromatic carbocycles. The Balaban J connectivity index is 1.72. The van der Waals surface area contributed by atoms with Crippen LogP contribution in [0.15, 0.2) is 41.4 Å². The van der Waals surface area contributed by atoms with Crippen LogP contribution < -0.4 is 10.2 Å². The summed E-state index contributed by atoms with van der Waals surface area (Å²) in [6.45, 7) is 8.56. The molecule has 0 bridgehead atoms. The zero-order valence-corrected chi connectivity index (χ0v) is 20.7. The lowest BCUT2D eigenvalue weighted by Gasteiger charge is -2.19. The highest BCUT2D eigenvalue weighted by atomic mass is 32.2. The van der Waals surface area contributed by atoms with E-state index in [0.29, 0.717) is 24.2 Å². The minimum Gasteiger partial charge on any atom is -0.357 e. The van der Waals surface area contributed by atoms with Gasteiger partial charge in [-0.25, -0.2) is 22.7 Å². The standard InChI is InChI=1S/C23H32N6O3S/c1-6-28(7-2)21-12-9-17(16-24-21)25-23(30)14-13-22-26-19-15-18(33(31,32)27(4)5)10-11-20(19)29(22)8-3/h9-12,15-16H,6-8,13-14H2,1-5H3,(H,25,30). The number of fused-ring (bicyclic) bond motifs is 1. The molecule has 3 rings (SSSR count). The van der Waals surface area contributed by atoms with Crippen molar-refractivity contribution in [3.63, 3.8) is 0 Å². The number of carbonyl (C=O) groups excluding carboxylic acids is 1. The number of hydrogen-bond donors (Lipinski definition) is 1. The number of benzene rings is 1. The van der Waals surface area contributed by atoms with Crippen LogP contribution in [-0.4, -0.2) is 60.4 Å². The Hall–Kier alpha value is -2.98. The molecule has 0 aliphatic heterocycles. The number of hydrogen-bond acceptors (Lipinski definition) is 6. The Morgan fingerprint density at radius 1 is 1.09 bits per heavy atom. The maximum Gasteiger partial charge on any atom is 0.242 e. The number of pyridine rings is 1. The Labute approximate surface area is 195 Å². The molecule has 0 unspecified atom stereocenters. The molecule has 9 nitrogen and oxygen atoms in total. The quantitative estimate of drug-likeness (QED) is 0.487. The topological polar surface area (TPSA) is 100 Å². The number of imidazole rings is 1. The second kappa shape index (κ2) is 10.3. The van der Waals surface area contributed by atoms with Crippen molar-refractivity contribution in [2.45, 2.75) is 45.1 Å². The van der Waals surface area contributed by atoms with Gasteiger partial charge in [-0.2, -0.15) is 0 Å². The first-order chi connectivity index (χ1) is 15.7. The van der Waals surface area contributed by atoms with Crippen LogP contribution in [0.5, 0.6) is 0 Å². The number of nitrogens with one attached hydrogen (secondary N) is 1. The van der Waals surface area contributed by atoms with Gasteiger partial charge in [-0.1, -0.05) is 0 Å². The Bertz CT molecular complexity index is 1210. The van der Waals surface area contributed by atoms with Crippen LogP contribution >= 0.6 is 0 Å². The number of carbonyl (C=O) groups is 1. The molecule has 0 spiro atoms. The van der Waals surface area contributed by atoms with Crippen molar-refractivity contribution in [3.05, 3.63) is 42.4 Å². The molecule has 0 radical (unpaired) electrons. The van der Waals surface area contributed by atoms with E-state index in [1.54, 1.807) is 24.4 Å². The van der Waals surface area contributed by atoms with Crippen molar-refractivity contribution in [2.75, 3.05) is 37.4 Å². The van der Waals surface area contributed by atoms with Gasteiger partial charge in [0.25, 0.3) is 0 Å². The molecule has 0 saturated heterocycles. The summed E-state index contributed by atoms with van der Waals surface area (Å²) in [4.78, 5) is 23.9. The number of aryl methyl sites for hydroxylation is 2. The van der Waals surface area contributed by atoms with Gasteiger partial charge in [0.1, 0.15) is 11.6 Å². The van der Waals surface area contributed by atoms with Crippen molar-refractivity contribution in [1.82, 2.24) is 18.8 Å². The molecule has 178 valence electrons. The molecule has 0 aliphatic carbocycles. The molecular formula is C23H32N6O3S. The van der Waals surface area contributed by atoms with Gasteiger partial charge in [-0.15, -0.1) is 0 Å². The predicted octanol–water partition coefficient (Wildman–Crippen LogP) is 3.12. The highest BCUT2D eigenvalue weighted by molar-refractivity contribution is 7.89. The summed E-state index contributed by atoms with van der Waals surface area (Å²) in [5, 5.41) is 2.89. The lowest BCUT2D eigenvalue weighted by Crippen LogP contribution is -2.23. The van der Waals surface area contributed by atoms with Crippen LogP contribution in [-0.2, 0) is 27.8 Å². The summed E-state index contributed by atoms with van der Waals surface area (Å²) >= 11 is 0. The fraction of sp³-hybridized carbons (Fsp3) is 0.435. The number of nitrogens with zero attached hydrogens (tertiary/aromatic N) is 5. The second-order valence-electron chi connectivity index (χ2n) is 7.84. The first-order valence-corrected chi connectivity index (χ1v) is 12.6. The molecule has 33 heavy (non-hydrogen) atoms. The van der Waals surface area contributed by atoms with E-state index >= 15 is 0 Å². The SMILES string of the molecule is CCN(CC)c1ccc(NC(=O)CCc2nc3cc(S(=O)(=O)N(C)C)ccc3n2CC)cn1. The van der Waals surface area contributed by atoms with Gasteiger partial charge >= 0.3 is 0 Å². The molecule has 10 heteroatoms. The molecule has 2 aromatic heterocycles. The monoisotopic (exact) mass is 472 g/mol. The van der Waals surface area contributed by atoms with E-state index in [9.17, 15) is 13.2 Å².